The minimum Gasteiger partial charge on any atom is -0.407 e. The summed E-state index contributed by atoms with van der Waals surface area (Å²) < 4.78 is 7.54. The molecule has 0 aliphatic carbocycles. The number of non-ortho nitro benzene ring substituents is 1. The third-order valence-corrected chi connectivity index (χ3v) is 4.78. The van der Waals surface area contributed by atoms with Crippen molar-refractivity contribution in [1.29, 1.82) is 0 Å². The van der Waals surface area contributed by atoms with Gasteiger partial charge in [-0.05, 0) is 65.8 Å². The molecule has 2 aromatic carbocycles. The Balaban J connectivity index is 1.65. The fourth-order valence-electron chi connectivity index (χ4n) is 2.76. The third-order valence-electron chi connectivity index (χ3n) is 4.11. The van der Waals surface area contributed by atoms with Crippen molar-refractivity contribution in [3.05, 3.63) is 66.2 Å². The second-order valence-corrected chi connectivity index (χ2v) is 7.29. The van der Waals surface area contributed by atoms with Crippen LogP contribution < -0.4 is 11.1 Å². The molecular weight excluding hydrogens is 465 g/mol. The highest BCUT2D eigenvalue weighted by molar-refractivity contribution is 14.1. The number of nitro benzene ring substituents is 1. The molecule has 0 bridgehead atoms. The third kappa shape index (κ3) is 4.35. The summed E-state index contributed by atoms with van der Waals surface area (Å²) in [6.07, 6.45) is 0.665. The van der Waals surface area contributed by atoms with E-state index in [1.165, 1.54) is 22.8 Å². The second kappa shape index (κ2) is 7.91. The lowest BCUT2D eigenvalue weighted by molar-refractivity contribution is -0.384. The van der Waals surface area contributed by atoms with E-state index < -0.39 is 10.7 Å². The number of halogens is 1. The number of aryl methyl sites for hydroxylation is 2. The highest BCUT2D eigenvalue weighted by Gasteiger charge is 2.14. The lowest BCUT2D eigenvalue weighted by Crippen LogP contribution is -2.17. The summed E-state index contributed by atoms with van der Waals surface area (Å²) in [5.74, 6) is -0.741. The van der Waals surface area contributed by atoms with Gasteiger partial charge in [0.2, 0.25) is 5.91 Å². The summed E-state index contributed by atoms with van der Waals surface area (Å²) in [6.45, 7) is 2.21. The Bertz CT molecular complexity index is 1090. The number of hydrogen-bond acceptors (Lipinski definition) is 5. The summed E-state index contributed by atoms with van der Waals surface area (Å²) in [4.78, 5) is 34.4. The van der Waals surface area contributed by atoms with Crippen molar-refractivity contribution in [3.63, 3.8) is 0 Å². The Morgan fingerprint density at radius 3 is 2.78 bits per heavy atom. The number of benzene rings is 2. The summed E-state index contributed by atoms with van der Waals surface area (Å²) in [7, 11) is 0. The maximum absolute atomic E-state index is 12.1. The average Bonchev–Trinajstić information content (AvgIpc) is 2.92. The Kier molecular flexibility index (Phi) is 5.59. The van der Waals surface area contributed by atoms with Crippen molar-refractivity contribution in [2.75, 3.05) is 5.32 Å². The molecule has 9 heteroatoms. The molecule has 0 fully saturated rings. The van der Waals surface area contributed by atoms with Gasteiger partial charge in [0.15, 0.2) is 5.58 Å². The predicted molar refractivity (Wildman–Crippen MR) is 109 cm³/mol. The summed E-state index contributed by atoms with van der Waals surface area (Å²) in [6, 6.07) is 9.77. The van der Waals surface area contributed by atoms with Crippen molar-refractivity contribution in [1.82, 2.24) is 4.57 Å². The first kappa shape index (κ1) is 19.1. The van der Waals surface area contributed by atoms with Gasteiger partial charge in [0.05, 0.1) is 16.5 Å². The summed E-state index contributed by atoms with van der Waals surface area (Å²) in [5, 5.41) is 13.7. The van der Waals surface area contributed by atoms with Crippen molar-refractivity contribution >= 4 is 51.0 Å². The van der Waals surface area contributed by atoms with E-state index in [-0.39, 0.29) is 30.1 Å². The molecule has 1 aromatic heterocycles. The molecule has 140 valence electrons. The van der Waals surface area contributed by atoms with Gasteiger partial charge in [0.1, 0.15) is 0 Å². The number of amides is 1. The highest BCUT2D eigenvalue weighted by Crippen LogP contribution is 2.21. The maximum Gasteiger partial charge on any atom is 0.419 e. The van der Waals surface area contributed by atoms with E-state index in [0.717, 1.165) is 14.8 Å². The van der Waals surface area contributed by atoms with E-state index in [9.17, 15) is 19.7 Å². The van der Waals surface area contributed by atoms with Gasteiger partial charge in [0, 0.05) is 28.3 Å². The van der Waals surface area contributed by atoms with Crippen molar-refractivity contribution in [2.45, 2.75) is 26.3 Å². The fourth-order valence-corrected chi connectivity index (χ4v) is 3.41. The molecule has 0 aliphatic rings. The minimum atomic E-state index is -0.598. The first-order valence-electron chi connectivity index (χ1n) is 8.19. The van der Waals surface area contributed by atoms with E-state index in [2.05, 4.69) is 27.9 Å². The van der Waals surface area contributed by atoms with E-state index in [0.29, 0.717) is 11.9 Å². The Morgan fingerprint density at radius 1 is 1.30 bits per heavy atom. The van der Waals surface area contributed by atoms with Crippen LogP contribution in [0, 0.1) is 20.6 Å². The molecule has 0 spiro atoms. The van der Waals surface area contributed by atoms with Gasteiger partial charge in [-0.2, -0.15) is 0 Å². The van der Waals surface area contributed by atoms with Crippen LogP contribution >= 0.6 is 22.6 Å². The molecule has 0 unspecified atom stereocenters. The van der Waals surface area contributed by atoms with Gasteiger partial charge < -0.3 is 9.73 Å². The largest absolute Gasteiger partial charge is 0.419 e. The Morgan fingerprint density at radius 2 is 2.07 bits per heavy atom. The molecular formula is C18H16IN3O5. The molecule has 0 saturated heterocycles. The zero-order chi connectivity index (χ0) is 19.6. The summed E-state index contributed by atoms with van der Waals surface area (Å²) >= 11 is 2.21. The second-order valence-electron chi connectivity index (χ2n) is 6.04. The van der Waals surface area contributed by atoms with Gasteiger partial charge in [-0.25, -0.2) is 4.79 Å². The van der Waals surface area contributed by atoms with E-state index in [1.54, 1.807) is 0 Å². The van der Waals surface area contributed by atoms with Crippen LogP contribution in [0.5, 0.6) is 0 Å². The molecule has 0 saturated carbocycles. The number of aromatic nitrogens is 1. The van der Waals surface area contributed by atoms with Crippen LogP contribution in [0.2, 0.25) is 0 Å². The number of nitrogens with one attached hydrogen (secondary N) is 1. The van der Waals surface area contributed by atoms with Gasteiger partial charge in [-0.3, -0.25) is 19.5 Å². The monoisotopic (exact) mass is 481 g/mol. The zero-order valence-corrected chi connectivity index (χ0v) is 16.6. The minimum absolute atomic E-state index is 0.143. The lowest BCUT2D eigenvalue weighted by Gasteiger charge is -2.09. The molecule has 1 N–H and O–H groups in total. The zero-order valence-electron chi connectivity index (χ0n) is 14.4. The lowest BCUT2D eigenvalue weighted by atomic mass is 10.2. The number of fused-ring (bicyclic) bond motifs is 1. The van der Waals surface area contributed by atoms with Crippen molar-refractivity contribution in [2.24, 2.45) is 0 Å². The topological polar surface area (TPSA) is 107 Å². The number of carbonyl (C=O) groups is 1. The highest BCUT2D eigenvalue weighted by atomic mass is 127. The number of oxazole rings is 1. The molecule has 0 atom stereocenters. The van der Waals surface area contributed by atoms with Gasteiger partial charge in [-0.1, -0.05) is 0 Å². The van der Waals surface area contributed by atoms with Crippen LogP contribution in [0.3, 0.4) is 0 Å². The number of nitro groups is 1. The number of rotatable bonds is 6. The number of anilines is 1. The van der Waals surface area contributed by atoms with Crippen LogP contribution in [-0.4, -0.2) is 15.4 Å². The van der Waals surface area contributed by atoms with Crippen molar-refractivity contribution < 1.29 is 14.1 Å². The average molecular weight is 481 g/mol. The number of carbonyl (C=O) groups excluding carboxylic acids is 1. The first-order chi connectivity index (χ1) is 12.8. The number of hydrogen-bond donors (Lipinski definition) is 1. The molecule has 1 amide bonds. The molecule has 0 aliphatic heterocycles. The number of nitrogens with zero attached hydrogens (tertiary/aromatic N) is 2. The molecule has 0 radical (unpaired) electrons. The predicted octanol–water partition coefficient (Wildman–Crippen LogP) is 3.83. The molecule has 27 heavy (non-hydrogen) atoms. The van der Waals surface area contributed by atoms with Gasteiger partial charge >= 0.3 is 5.76 Å². The van der Waals surface area contributed by atoms with Gasteiger partial charge in [-0.15, -0.1) is 0 Å². The van der Waals surface area contributed by atoms with Crippen LogP contribution in [0.4, 0.5) is 11.4 Å². The van der Waals surface area contributed by atoms with E-state index in [1.807, 2.05) is 25.1 Å². The normalized spacial score (nSPS) is 10.9. The molecule has 8 nitrogen and oxygen atoms in total. The summed E-state index contributed by atoms with van der Waals surface area (Å²) in [5.41, 5.74) is 2.23. The molecule has 3 aromatic rings. The standard InChI is InChI=1S/C18H16IN3O5/c1-11-9-12(19)4-6-14(11)20-17(23)3-2-8-21-15-7-5-13(22(25)26)10-16(15)27-18(21)24/h4-7,9-10H,2-3,8H2,1H3,(H,20,23). The Labute approximate surface area is 167 Å². The van der Waals surface area contributed by atoms with E-state index in [4.69, 9.17) is 4.42 Å². The smallest absolute Gasteiger partial charge is 0.407 e. The van der Waals surface area contributed by atoms with Crippen LogP contribution in [0.1, 0.15) is 18.4 Å². The van der Waals surface area contributed by atoms with Gasteiger partial charge in [0.25, 0.3) is 5.69 Å². The SMILES string of the molecule is Cc1cc(I)ccc1NC(=O)CCCn1c(=O)oc2cc([N+](=O)[O-])ccc21. The van der Waals surface area contributed by atoms with Crippen LogP contribution in [0.25, 0.3) is 11.1 Å². The first-order valence-corrected chi connectivity index (χ1v) is 9.27. The quantitative estimate of drug-likeness (QED) is 0.327. The van der Waals surface area contributed by atoms with Crippen LogP contribution in [0.15, 0.2) is 45.6 Å². The van der Waals surface area contributed by atoms with E-state index >= 15 is 0 Å². The van der Waals surface area contributed by atoms with Crippen molar-refractivity contribution in [3.8, 4) is 0 Å². The Hall–Kier alpha value is -2.69. The molecule has 3 rings (SSSR count). The fraction of sp³-hybridized carbons (Fsp3) is 0.222. The maximum atomic E-state index is 12.1. The van der Waals surface area contributed by atoms with Crippen LogP contribution in [-0.2, 0) is 11.3 Å². The molecule has 1 heterocycles.